The Labute approximate surface area is 135 Å². The molecule has 0 aliphatic carbocycles. The third-order valence-electron chi connectivity index (χ3n) is 3.96. The molecule has 1 fully saturated rings. The fourth-order valence-electron chi connectivity index (χ4n) is 2.86. The highest BCUT2D eigenvalue weighted by Crippen LogP contribution is 2.18. The van der Waals surface area contributed by atoms with E-state index in [0.717, 1.165) is 30.8 Å². The lowest BCUT2D eigenvalue weighted by Crippen LogP contribution is -2.41. The molecule has 1 aliphatic rings. The number of urea groups is 1. The molecular weight excluding hydrogens is 294 g/mol. The minimum Gasteiger partial charge on any atom is -0.383 e. The Morgan fingerprint density at radius 1 is 1.43 bits per heavy atom. The number of nitrogens with zero attached hydrogens (tertiary/aromatic N) is 3. The Kier molecular flexibility index (Phi) is 4.87. The molecule has 2 heterocycles. The summed E-state index contributed by atoms with van der Waals surface area (Å²) in [6, 6.07) is 9.95. The predicted octanol–water partition coefficient (Wildman–Crippen LogP) is 2.04. The van der Waals surface area contributed by atoms with Gasteiger partial charge in [0.2, 0.25) is 5.95 Å². The number of rotatable bonds is 5. The highest BCUT2D eigenvalue weighted by Gasteiger charge is 2.29. The van der Waals surface area contributed by atoms with Crippen LogP contribution in [0.5, 0.6) is 0 Å². The van der Waals surface area contributed by atoms with Crippen LogP contribution in [0.25, 0.3) is 0 Å². The Morgan fingerprint density at radius 3 is 3.04 bits per heavy atom. The second-order valence-electron chi connectivity index (χ2n) is 5.64. The summed E-state index contributed by atoms with van der Waals surface area (Å²) in [6.45, 7) is 1.29. The van der Waals surface area contributed by atoms with E-state index in [1.807, 2.05) is 30.3 Å². The van der Waals surface area contributed by atoms with Gasteiger partial charge in [0.25, 0.3) is 0 Å². The Morgan fingerprint density at radius 2 is 2.26 bits per heavy atom. The van der Waals surface area contributed by atoms with E-state index >= 15 is 0 Å². The van der Waals surface area contributed by atoms with Crippen molar-refractivity contribution in [1.82, 2.24) is 20.1 Å². The molecule has 2 amide bonds. The Bertz CT molecular complexity index is 643. The van der Waals surface area contributed by atoms with Crippen LogP contribution in [-0.4, -0.2) is 52.4 Å². The summed E-state index contributed by atoms with van der Waals surface area (Å²) in [5.74, 6) is 1.03. The van der Waals surface area contributed by atoms with Crippen molar-refractivity contribution in [3.8, 4) is 0 Å². The molecule has 2 N–H and O–H groups in total. The molecule has 0 bridgehead atoms. The number of H-pyrrole nitrogens is 1. The molecule has 0 spiro atoms. The van der Waals surface area contributed by atoms with Crippen molar-refractivity contribution < 1.29 is 9.53 Å². The van der Waals surface area contributed by atoms with Crippen molar-refractivity contribution in [3.63, 3.8) is 0 Å². The largest absolute Gasteiger partial charge is 0.383 e. The van der Waals surface area contributed by atoms with Crippen LogP contribution in [0.2, 0.25) is 0 Å². The molecule has 7 heteroatoms. The second-order valence-corrected chi connectivity index (χ2v) is 5.64. The number of hydrogen-bond donors (Lipinski definition) is 2. The summed E-state index contributed by atoms with van der Waals surface area (Å²) in [5, 5.41) is 9.69. The number of benzene rings is 1. The number of aromatic nitrogens is 3. The maximum Gasteiger partial charge on any atom is 0.324 e. The van der Waals surface area contributed by atoms with Crippen LogP contribution in [0.15, 0.2) is 30.3 Å². The Balaban J connectivity index is 1.59. The van der Waals surface area contributed by atoms with Crippen molar-refractivity contribution in [2.75, 3.05) is 25.6 Å². The number of likely N-dealkylation sites (tertiary alicyclic amines) is 1. The van der Waals surface area contributed by atoms with Gasteiger partial charge in [-0.3, -0.25) is 10.4 Å². The van der Waals surface area contributed by atoms with E-state index in [2.05, 4.69) is 20.5 Å². The highest BCUT2D eigenvalue weighted by atomic mass is 16.5. The van der Waals surface area contributed by atoms with Gasteiger partial charge in [-0.2, -0.15) is 4.98 Å². The number of nitrogens with one attached hydrogen (secondary N) is 2. The fraction of sp³-hybridized carbons (Fsp3) is 0.438. The third-order valence-corrected chi connectivity index (χ3v) is 3.96. The zero-order chi connectivity index (χ0) is 16.1. The van der Waals surface area contributed by atoms with Crippen LogP contribution in [0.1, 0.15) is 24.2 Å². The molecule has 0 unspecified atom stereocenters. The molecule has 0 saturated carbocycles. The quantitative estimate of drug-likeness (QED) is 0.884. The first-order chi connectivity index (χ1) is 11.3. The lowest BCUT2D eigenvalue weighted by molar-refractivity contribution is 0.128. The smallest absolute Gasteiger partial charge is 0.324 e. The maximum absolute atomic E-state index is 12.3. The molecule has 1 saturated heterocycles. The van der Waals surface area contributed by atoms with Crippen LogP contribution in [0.4, 0.5) is 10.7 Å². The highest BCUT2D eigenvalue weighted by molar-refractivity contribution is 5.87. The van der Waals surface area contributed by atoms with Gasteiger partial charge in [0, 0.05) is 20.1 Å². The van der Waals surface area contributed by atoms with Gasteiger partial charge < -0.3 is 9.64 Å². The fourth-order valence-corrected chi connectivity index (χ4v) is 2.86. The summed E-state index contributed by atoms with van der Waals surface area (Å²) in [5.41, 5.74) is 1.14. The van der Waals surface area contributed by atoms with Crippen molar-refractivity contribution >= 4 is 12.0 Å². The van der Waals surface area contributed by atoms with Crippen LogP contribution in [0, 0.1) is 0 Å². The zero-order valence-electron chi connectivity index (χ0n) is 13.2. The van der Waals surface area contributed by atoms with Crippen molar-refractivity contribution in [1.29, 1.82) is 0 Å². The molecule has 3 rings (SSSR count). The Hall–Kier alpha value is -2.41. The number of carbonyl (C=O) groups is 1. The lowest BCUT2D eigenvalue weighted by atomic mass is 10.1. The minimum atomic E-state index is -0.171. The molecule has 1 aliphatic heterocycles. The number of carbonyl (C=O) groups excluding carboxylic acids is 1. The van der Waals surface area contributed by atoms with Crippen molar-refractivity contribution in [2.45, 2.75) is 25.3 Å². The van der Waals surface area contributed by atoms with E-state index in [4.69, 9.17) is 4.74 Å². The summed E-state index contributed by atoms with van der Waals surface area (Å²) < 4.78 is 5.17. The van der Waals surface area contributed by atoms with Gasteiger partial charge in [-0.25, -0.2) is 4.79 Å². The third kappa shape index (κ3) is 3.87. The second kappa shape index (κ2) is 7.23. The van der Waals surface area contributed by atoms with Gasteiger partial charge in [-0.15, -0.1) is 5.10 Å². The summed E-state index contributed by atoms with van der Waals surface area (Å²) in [7, 11) is 1.65. The SMILES string of the molecule is COC[C@H]1CCCN1C(=O)Nc1n[nH]c(Cc2ccccc2)n1. The first-order valence-electron chi connectivity index (χ1n) is 7.78. The monoisotopic (exact) mass is 315 g/mol. The van der Waals surface area contributed by atoms with Gasteiger partial charge in [-0.05, 0) is 18.4 Å². The van der Waals surface area contributed by atoms with Gasteiger partial charge >= 0.3 is 6.03 Å². The maximum atomic E-state index is 12.3. The predicted molar refractivity (Wildman–Crippen MR) is 86.3 cm³/mol. The van der Waals surface area contributed by atoms with Gasteiger partial charge in [-0.1, -0.05) is 30.3 Å². The van der Waals surface area contributed by atoms with Gasteiger partial charge in [0.1, 0.15) is 5.82 Å². The standard InChI is InChI=1S/C16H21N5O2/c1-23-11-13-8-5-9-21(13)16(22)18-15-17-14(19-20-15)10-12-6-3-2-4-7-12/h2-4,6-7,13H,5,8-11H2,1H3,(H2,17,18,19,20,22)/t13-/m1/s1. The van der Waals surface area contributed by atoms with Crippen molar-refractivity contribution in [3.05, 3.63) is 41.7 Å². The number of anilines is 1. The summed E-state index contributed by atoms with van der Waals surface area (Å²) in [6.07, 6.45) is 2.61. The molecule has 1 aromatic carbocycles. The number of ether oxygens (including phenoxy) is 1. The molecule has 2 aromatic rings. The van der Waals surface area contributed by atoms with Crippen molar-refractivity contribution in [2.24, 2.45) is 0 Å². The zero-order valence-corrected chi connectivity index (χ0v) is 13.2. The number of aromatic amines is 1. The van der Waals surface area contributed by atoms with E-state index in [1.165, 1.54) is 0 Å². The average molecular weight is 315 g/mol. The molecule has 7 nitrogen and oxygen atoms in total. The number of amides is 2. The molecule has 1 atom stereocenters. The van der Waals surface area contributed by atoms with Crippen LogP contribution >= 0.6 is 0 Å². The first kappa shape index (κ1) is 15.5. The summed E-state index contributed by atoms with van der Waals surface area (Å²) in [4.78, 5) is 18.5. The van der Waals surface area contributed by atoms with Gasteiger partial charge in [0.05, 0.1) is 12.6 Å². The van der Waals surface area contributed by atoms with E-state index < -0.39 is 0 Å². The normalized spacial score (nSPS) is 17.4. The average Bonchev–Trinajstić information content (AvgIpc) is 3.18. The van der Waals surface area contributed by atoms with E-state index in [1.54, 1.807) is 12.0 Å². The molecular formula is C16H21N5O2. The molecule has 1 aromatic heterocycles. The van der Waals surface area contributed by atoms with Crippen LogP contribution < -0.4 is 5.32 Å². The van der Waals surface area contributed by atoms with E-state index in [-0.39, 0.29) is 12.1 Å². The molecule has 0 radical (unpaired) electrons. The lowest BCUT2D eigenvalue weighted by Gasteiger charge is -2.23. The topological polar surface area (TPSA) is 83.1 Å². The molecule has 23 heavy (non-hydrogen) atoms. The van der Waals surface area contributed by atoms with E-state index in [0.29, 0.717) is 19.0 Å². The molecule has 122 valence electrons. The number of hydrogen-bond acceptors (Lipinski definition) is 4. The van der Waals surface area contributed by atoms with Gasteiger partial charge in [0.15, 0.2) is 0 Å². The number of methoxy groups -OCH3 is 1. The van der Waals surface area contributed by atoms with Crippen LogP contribution in [-0.2, 0) is 11.2 Å². The minimum absolute atomic E-state index is 0.128. The summed E-state index contributed by atoms with van der Waals surface area (Å²) >= 11 is 0. The van der Waals surface area contributed by atoms with E-state index in [9.17, 15) is 4.79 Å². The van der Waals surface area contributed by atoms with Crippen LogP contribution in [0.3, 0.4) is 0 Å². The first-order valence-corrected chi connectivity index (χ1v) is 7.78.